The summed E-state index contributed by atoms with van der Waals surface area (Å²) in [6.45, 7) is 0.509. The summed E-state index contributed by atoms with van der Waals surface area (Å²) < 4.78 is 10.1. The molecule has 0 unspecified atom stereocenters. The Hall–Kier alpha value is -4.06. The molecule has 0 heterocycles. The third-order valence-corrected chi connectivity index (χ3v) is 5.44. The summed E-state index contributed by atoms with van der Waals surface area (Å²) >= 11 is 0. The molecular formula is C26H23NO5. The van der Waals surface area contributed by atoms with Crippen molar-refractivity contribution in [1.82, 2.24) is 5.32 Å². The molecule has 0 radical (unpaired) electrons. The normalized spacial score (nSPS) is 12.3. The second-order valence-electron chi connectivity index (χ2n) is 7.38. The van der Waals surface area contributed by atoms with Gasteiger partial charge in [0.05, 0.1) is 7.11 Å². The molecule has 4 rings (SSSR count). The van der Waals surface area contributed by atoms with E-state index < -0.39 is 12.1 Å². The summed E-state index contributed by atoms with van der Waals surface area (Å²) in [7, 11) is 1.25. The molecule has 6 heteroatoms. The van der Waals surface area contributed by atoms with Crippen LogP contribution in [0.15, 0.2) is 72.8 Å². The highest BCUT2D eigenvalue weighted by molar-refractivity contribution is 5.93. The van der Waals surface area contributed by atoms with E-state index in [9.17, 15) is 14.7 Å². The molecule has 6 nitrogen and oxygen atoms in total. The Morgan fingerprint density at radius 1 is 1.00 bits per heavy atom. The summed E-state index contributed by atoms with van der Waals surface area (Å²) in [6, 6.07) is 21.0. The average Bonchev–Trinajstić information content (AvgIpc) is 3.14. The fourth-order valence-electron chi connectivity index (χ4n) is 3.92. The van der Waals surface area contributed by atoms with Gasteiger partial charge in [0.2, 0.25) is 0 Å². The zero-order valence-electron chi connectivity index (χ0n) is 17.6. The number of ether oxygens (including phenoxy) is 2. The van der Waals surface area contributed by atoms with Crippen LogP contribution in [0.5, 0.6) is 5.75 Å². The zero-order valence-corrected chi connectivity index (χ0v) is 17.6. The highest BCUT2D eigenvalue weighted by Gasteiger charge is 2.28. The summed E-state index contributed by atoms with van der Waals surface area (Å²) in [5, 5.41) is 12.4. The number of alkyl carbamates (subject to hydrolysis) is 1. The highest BCUT2D eigenvalue weighted by atomic mass is 16.5. The fraction of sp³-hybridized carbons (Fsp3) is 0.154. The molecule has 3 aromatic rings. The van der Waals surface area contributed by atoms with E-state index in [0.29, 0.717) is 5.56 Å². The highest BCUT2D eigenvalue weighted by Crippen LogP contribution is 2.44. The van der Waals surface area contributed by atoms with Gasteiger partial charge in [-0.15, -0.1) is 0 Å². The van der Waals surface area contributed by atoms with Crippen LogP contribution in [-0.4, -0.2) is 37.4 Å². The van der Waals surface area contributed by atoms with Crippen LogP contribution < -0.4 is 5.32 Å². The van der Waals surface area contributed by atoms with Crippen molar-refractivity contribution < 1.29 is 24.2 Å². The Morgan fingerprint density at radius 2 is 1.66 bits per heavy atom. The predicted molar refractivity (Wildman–Crippen MR) is 122 cm³/mol. The molecule has 0 spiro atoms. The van der Waals surface area contributed by atoms with Gasteiger partial charge < -0.3 is 19.9 Å². The number of fused-ring (bicyclic) bond motifs is 3. The molecule has 3 aromatic carbocycles. The number of carbonyl (C=O) groups is 2. The summed E-state index contributed by atoms with van der Waals surface area (Å²) in [4.78, 5) is 23.9. The fourth-order valence-corrected chi connectivity index (χ4v) is 3.92. The van der Waals surface area contributed by atoms with Gasteiger partial charge in [0.25, 0.3) is 0 Å². The van der Waals surface area contributed by atoms with Crippen LogP contribution in [0.4, 0.5) is 4.79 Å². The number of nitrogens with one attached hydrogen (secondary N) is 1. The lowest BCUT2D eigenvalue weighted by atomic mass is 9.98. The number of benzene rings is 3. The molecule has 1 amide bonds. The number of phenolic OH excluding ortho intramolecular Hbond substituents is 1. The lowest BCUT2D eigenvalue weighted by Crippen LogP contribution is -2.26. The third-order valence-electron chi connectivity index (χ3n) is 5.44. The first kappa shape index (κ1) is 21.2. The molecule has 0 saturated carbocycles. The second kappa shape index (κ2) is 9.39. The van der Waals surface area contributed by atoms with E-state index in [1.165, 1.54) is 30.4 Å². The number of methoxy groups -OCH3 is 1. The zero-order chi connectivity index (χ0) is 22.5. The van der Waals surface area contributed by atoms with E-state index in [0.717, 1.165) is 11.1 Å². The van der Waals surface area contributed by atoms with Gasteiger partial charge in [-0.05, 0) is 39.9 Å². The minimum absolute atomic E-state index is 0.0115. The van der Waals surface area contributed by atoms with Crippen molar-refractivity contribution in [2.45, 2.75) is 5.92 Å². The number of carbonyl (C=O) groups excluding carboxylic acids is 2. The van der Waals surface area contributed by atoms with E-state index in [2.05, 4.69) is 34.3 Å². The van der Waals surface area contributed by atoms with Crippen LogP contribution in [0.1, 0.15) is 33.0 Å². The first-order valence-electron chi connectivity index (χ1n) is 10.2. The minimum Gasteiger partial charge on any atom is -0.507 e. The minimum atomic E-state index is -0.616. The number of hydrogen-bond donors (Lipinski definition) is 2. The van der Waals surface area contributed by atoms with Crippen molar-refractivity contribution in [1.29, 1.82) is 0 Å². The third kappa shape index (κ3) is 4.34. The Balaban J connectivity index is 1.32. The molecule has 2 N–H and O–H groups in total. The lowest BCUT2D eigenvalue weighted by Gasteiger charge is -2.14. The molecule has 0 saturated heterocycles. The number of phenols is 1. The van der Waals surface area contributed by atoms with Crippen molar-refractivity contribution in [3.05, 3.63) is 95.1 Å². The van der Waals surface area contributed by atoms with Gasteiger partial charge in [-0.3, -0.25) is 0 Å². The number of amides is 1. The molecule has 0 fully saturated rings. The van der Waals surface area contributed by atoms with Gasteiger partial charge in [-0.25, -0.2) is 9.59 Å². The van der Waals surface area contributed by atoms with Crippen LogP contribution in [0.3, 0.4) is 0 Å². The second-order valence-corrected chi connectivity index (χ2v) is 7.38. The van der Waals surface area contributed by atoms with Crippen LogP contribution in [0, 0.1) is 0 Å². The van der Waals surface area contributed by atoms with Gasteiger partial charge in [-0.1, -0.05) is 66.7 Å². The van der Waals surface area contributed by atoms with Crippen molar-refractivity contribution in [2.24, 2.45) is 0 Å². The van der Waals surface area contributed by atoms with Crippen molar-refractivity contribution in [2.75, 3.05) is 20.3 Å². The molecule has 162 valence electrons. The maximum Gasteiger partial charge on any atom is 0.407 e. The van der Waals surface area contributed by atoms with E-state index in [-0.39, 0.29) is 30.4 Å². The molecular weight excluding hydrogens is 406 g/mol. The number of aromatic hydroxyl groups is 1. The van der Waals surface area contributed by atoms with Gasteiger partial charge in [0, 0.05) is 12.5 Å². The Labute approximate surface area is 186 Å². The smallest absolute Gasteiger partial charge is 0.407 e. The van der Waals surface area contributed by atoms with Crippen LogP contribution in [0.25, 0.3) is 17.2 Å². The average molecular weight is 429 g/mol. The number of esters is 1. The first-order chi connectivity index (χ1) is 15.6. The summed E-state index contributed by atoms with van der Waals surface area (Å²) in [5.74, 6) is -0.752. The lowest BCUT2D eigenvalue weighted by molar-refractivity contribution is 0.0597. The molecule has 32 heavy (non-hydrogen) atoms. The van der Waals surface area contributed by atoms with Gasteiger partial charge in [0.15, 0.2) is 0 Å². The van der Waals surface area contributed by atoms with Crippen LogP contribution in [0.2, 0.25) is 0 Å². The number of rotatable bonds is 6. The Kier molecular flexibility index (Phi) is 6.22. The van der Waals surface area contributed by atoms with Crippen LogP contribution in [-0.2, 0) is 9.47 Å². The van der Waals surface area contributed by atoms with E-state index in [4.69, 9.17) is 4.74 Å². The predicted octanol–water partition coefficient (Wildman–Crippen LogP) is 4.73. The molecule has 0 aromatic heterocycles. The standard InChI is InChI=1S/C26H23NO5/c1-31-25(29)22-15-17(12-13-24(22)28)7-6-14-27-26(30)32-16-23-20-10-4-2-8-18(20)19-9-3-5-11-21(19)23/h2-13,15,23,28H,14,16H2,1H3,(H,27,30). The molecule has 0 aliphatic heterocycles. The molecule has 0 bridgehead atoms. The van der Waals surface area contributed by atoms with Crippen molar-refractivity contribution in [3.63, 3.8) is 0 Å². The molecule has 0 atom stereocenters. The molecule has 1 aliphatic rings. The van der Waals surface area contributed by atoms with E-state index in [1.54, 1.807) is 18.2 Å². The number of hydrogen-bond acceptors (Lipinski definition) is 5. The quantitative estimate of drug-likeness (QED) is 0.554. The SMILES string of the molecule is COC(=O)c1cc(C=CCNC(=O)OCC2c3ccccc3-c3ccccc32)ccc1O. The van der Waals surface area contributed by atoms with Crippen molar-refractivity contribution >= 4 is 18.1 Å². The maximum atomic E-state index is 12.2. The van der Waals surface area contributed by atoms with Crippen molar-refractivity contribution in [3.8, 4) is 16.9 Å². The van der Waals surface area contributed by atoms with E-state index in [1.807, 2.05) is 24.3 Å². The Bertz CT molecular complexity index is 1140. The largest absolute Gasteiger partial charge is 0.507 e. The van der Waals surface area contributed by atoms with Crippen LogP contribution >= 0.6 is 0 Å². The van der Waals surface area contributed by atoms with E-state index >= 15 is 0 Å². The van der Waals surface area contributed by atoms with Gasteiger partial charge in [0.1, 0.15) is 17.9 Å². The Morgan fingerprint density at radius 3 is 2.31 bits per heavy atom. The topological polar surface area (TPSA) is 84.9 Å². The maximum absolute atomic E-state index is 12.2. The van der Waals surface area contributed by atoms with Gasteiger partial charge in [-0.2, -0.15) is 0 Å². The summed E-state index contributed by atoms with van der Waals surface area (Å²) in [5.41, 5.74) is 5.46. The monoisotopic (exact) mass is 429 g/mol. The summed E-state index contributed by atoms with van der Waals surface area (Å²) in [6.07, 6.45) is 2.96. The first-order valence-corrected chi connectivity index (χ1v) is 10.2. The van der Waals surface area contributed by atoms with Gasteiger partial charge >= 0.3 is 12.1 Å². The molecule has 1 aliphatic carbocycles.